The van der Waals surface area contributed by atoms with Gasteiger partial charge in [-0.05, 0) is 67.3 Å². The number of anilines is 1. The molecule has 3 heterocycles. The highest BCUT2D eigenvalue weighted by atomic mass is 16.5. The number of aromatic nitrogens is 5. The number of aromatic amines is 1. The number of benzene rings is 2. The first-order valence-electron chi connectivity index (χ1n) is 13.0. The number of para-hydroxylation sites is 1. The SMILES string of the molecule is COc1ncccc1-c1ccc(O)c(-c2nc3c([nH]2)CCC(C(=O)Nc2ccccc2Cn2ccnc2C)=C3)c1. The van der Waals surface area contributed by atoms with Gasteiger partial charge in [-0.2, -0.15) is 0 Å². The average molecular weight is 533 g/mol. The van der Waals surface area contributed by atoms with E-state index in [1.807, 2.05) is 72.3 Å². The number of nitrogens with one attached hydrogen (secondary N) is 2. The smallest absolute Gasteiger partial charge is 0.251 e. The number of nitrogens with zero attached hydrogens (tertiary/aromatic N) is 4. The largest absolute Gasteiger partial charge is 0.507 e. The van der Waals surface area contributed by atoms with Crippen molar-refractivity contribution in [1.29, 1.82) is 0 Å². The van der Waals surface area contributed by atoms with Crippen LogP contribution in [0.5, 0.6) is 11.6 Å². The molecule has 9 heteroatoms. The fourth-order valence-electron chi connectivity index (χ4n) is 4.94. The van der Waals surface area contributed by atoms with E-state index < -0.39 is 0 Å². The fourth-order valence-corrected chi connectivity index (χ4v) is 4.94. The molecule has 6 rings (SSSR count). The molecule has 200 valence electrons. The summed E-state index contributed by atoms with van der Waals surface area (Å²) < 4.78 is 7.45. The lowest BCUT2D eigenvalue weighted by Crippen LogP contribution is -2.18. The van der Waals surface area contributed by atoms with Crippen LogP contribution in [0.25, 0.3) is 28.6 Å². The molecule has 0 radical (unpaired) electrons. The first-order valence-corrected chi connectivity index (χ1v) is 13.0. The van der Waals surface area contributed by atoms with Crippen LogP contribution in [0.1, 0.15) is 29.2 Å². The van der Waals surface area contributed by atoms with Crippen molar-refractivity contribution in [2.75, 3.05) is 12.4 Å². The van der Waals surface area contributed by atoms with Gasteiger partial charge in [0.2, 0.25) is 5.88 Å². The number of fused-ring (bicyclic) bond motifs is 1. The molecule has 1 aliphatic carbocycles. The van der Waals surface area contributed by atoms with E-state index in [1.54, 1.807) is 25.6 Å². The number of carbonyl (C=O) groups is 1. The Kier molecular flexibility index (Phi) is 6.61. The van der Waals surface area contributed by atoms with E-state index in [-0.39, 0.29) is 11.7 Å². The number of carbonyl (C=O) groups excluding carboxylic acids is 1. The zero-order valence-electron chi connectivity index (χ0n) is 22.2. The number of ether oxygens (including phenoxy) is 1. The molecule has 1 amide bonds. The molecule has 9 nitrogen and oxygen atoms in total. The zero-order valence-corrected chi connectivity index (χ0v) is 22.2. The highest BCUT2D eigenvalue weighted by molar-refractivity contribution is 6.07. The molecule has 0 unspecified atom stereocenters. The number of hydrogen-bond donors (Lipinski definition) is 3. The highest BCUT2D eigenvalue weighted by Gasteiger charge is 2.22. The van der Waals surface area contributed by atoms with Crippen LogP contribution in [0.3, 0.4) is 0 Å². The predicted octanol–water partition coefficient (Wildman–Crippen LogP) is 5.37. The number of methoxy groups -OCH3 is 1. The van der Waals surface area contributed by atoms with Crippen LogP contribution < -0.4 is 10.1 Å². The molecule has 0 spiro atoms. The Hall–Kier alpha value is -5.18. The van der Waals surface area contributed by atoms with Gasteiger partial charge in [0.1, 0.15) is 17.4 Å². The molecule has 0 aliphatic heterocycles. The van der Waals surface area contributed by atoms with Gasteiger partial charge in [0.05, 0.1) is 24.9 Å². The number of phenols is 1. The van der Waals surface area contributed by atoms with Crippen LogP contribution >= 0.6 is 0 Å². The molecular formula is C31H28N6O3. The summed E-state index contributed by atoms with van der Waals surface area (Å²) in [4.78, 5) is 30.0. The van der Waals surface area contributed by atoms with Crippen molar-refractivity contribution in [3.05, 3.63) is 102 Å². The number of amides is 1. The Bertz CT molecular complexity index is 1750. The maximum atomic E-state index is 13.3. The summed E-state index contributed by atoms with van der Waals surface area (Å²) in [7, 11) is 1.58. The minimum Gasteiger partial charge on any atom is -0.507 e. The van der Waals surface area contributed by atoms with Crippen molar-refractivity contribution in [3.63, 3.8) is 0 Å². The van der Waals surface area contributed by atoms with Crippen LogP contribution in [-0.2, 0) is 17.8 Å². The number of H-pyrrole nitrogens is 1. The lowest BCUT2D eigenvalue weighted by molar-refractivity contribution is -0.112. The van der Waals surface area contributed by atoms with E-state index in [1.165, 1.54) is 0 Å². The van der Waals surface area contributed by atoms with Crippen molar-refractivity contribution in [1.82, 2.24) is 24.5 Å². The first-order chi connectivity index (χ1) is 19.5. The van der Waals surface area contributed by atoms with Gasteiger partial charge in [-0.3, -0.25) is 4.79 Å². The fraction of sp³-hybridized carbons (Fsp3) is 0.161. The van der Waals surface area contributed by atoms with Gasteiger partial charge in [-0.25, -0.2) is 15.0 Å². The summed E-state index contributed by atoms with van der Waals surface area (Å²) in [5.74, 6) is 1.89. The second-order valence-electron chi connectivity index (χ2n) is 9.62. The van der Waals surface area contributed by atoms with Crippen LogP contribution in [0.2, 0.25) is 0 Å². The Morgan fingerprint density at radius 1 is 1.07 bits per heavy atom. The van der Waals surface area contributed by atoms with E-state index in [0.29, 0.717) is 47.9 Å². The van der Waals surface area contributed by atoms with Gasteiger partial charge in [0.15, 0.2) is 0 Å². The van der Waals surface area contributed by atoms with Crippen molar-refractivity contribution in [3.8, 4) is 34.1 Å². The van der Waals surface area contributed by atoms with Crippen LogP contribution in [0.15, 0.2) is 78.8 Å². The Morgan fingerprint density at radius 2 is 1.95 bits per heavy atom. The lowest BCUT2D eigenvalue weighted by atomic mass is 9.99. The molecule has 40 heavy (non-hydrogen) atoms. The molecule has 0 atom stereocenters. The van der Waals surface area contributed by atoms with E-state index >= 15 is 0 Å². The summed E-state index contributed by atoms with van der Waals surface area (Å²) in [6.45, 7) is 2.57. The van der Waals surface area contributed by atoms with Crippen molar-refractivity contribution < 1.29 is 14.6 Å². The van der Waals surface area contributed by atoms with Gasteiger partial charge in [-0.1, -0.05) is 24.3 Å². The monoisotopic (exact) mass is 532 g/mol. The molecule has 1 aliphatic rings. The Balaban J connectivity index is 1.25. The number of pyridine rings is 1. The molecule has 0 saturated carbocycles. The lowest BCUT2D eigenvalue weighted by Gasteiger charge is -2.15. The summed E-state index contributed by atoms with van der Waals surface area (Å²) in [5, 5.41) is 13.8. The third-order valence-electron chi connectivity index (χ3n) is 7.11. The molecule has 2 aromatic carbocycles. The van der Waals surface area contributed by atoms with E-state index in [9.17, 15) is 9.90 Å². The topological polar surface area (TPSA) is 118 Å². The van der Waals surface area contributed by atoms with Crippen LogP contribution in [-0.4, -0.2) is 42.6 Å². The number of hydrogen-bond acceptors (Lipinski definition) is 6. The molecular weight excluding hydrogens is 504 g/mol. The average Bonchev–Trinajstić information content (AvgIpc) is 3.59. The molecule has 3 aromatic heterocycles. The number of aromatic hydroxyl groups is 1. The molecule has 0 fully saturated rings. The predicted molar refractivity (Wildman–Crippen MR) is 153 cm³/mol. The van der Waals surface area contributed by atoms with Gasteiger partial charge in [-0.15, -0.1) is 0 Å². The van der Waals surface area contributed by atoms with E-state index in [0.717, 1.165) is 33.9 Å². The summed E-state index contributed by atoms with van der Waals surface area (Å²) >= 11 is 0. The highest BCUT2D eigenvalue weighted by Crippen LogP contribution is 2.36. The van der Waals surface area contributed by atoms with Crippen LogP contribution in [0.4, 0.5) is 5.69 Å². The normalized spacial score (nSPS) is 12.5. The van der Waals surface area contributed by atoms with Gasteiger partial charge in [0, 0.05) is 41.1 Å². The molecule has 5 aromatic rings. The number of imidazole rings is 2. The van der Waals surface area contributed by atoms with Gasteiger partial charge >= 0.3 is 0 Å². The summed E-state index contributed by atoms with van der Waals surface area (Å²) in [5.41, 5.74) is 6.23. The van der Waals surface area contributed by atoms with Gasteiger partial charge < -0.3 is 24.7 Å². The Morgan fingerprint density at radius 3 is 2.77 bits per heavy atom. The van der Waals surface area contributed by atoms with E-state index in [2.05, 4.69) is 20.3 Å². The Labute approximate surface area is 231 Å². The standard InChI is InChI=1S/C31H28N6O3/c1-19-32-14-15-37(19)18-22-6-3-4-8-25(22)36-30(39)21-9-11-26-27(17-21)35-29(34-26)24-16-20(10-12-28(24)38)23-7-5-13-33-31(23)40-2/h3-8,10,12-17,38H,9,11,18H2,1-2H3,(H,34,35)(H,36,39). The van der Waals surface area contributed by atoms with Crippen molar-refractivity contribution in [2.24, 2.45) is 0 Å². The number of phenolic OH excluding ortho intramolecular Hbond substituents is 1. The van der Waals surface area contributed by atoms with Gasteiger partial charge in [0.25, 0.3) is 5.91 Å². The third kappa shape index (κ3) is 4.84. The number of aryl methyl sites for hydroxylation is 2. The summed E-state index contributed by atoms with van der Waals surface area (Å²) in [6.07, 6.45) is 8.39. The second kappa shape index (κ2) is 10.5. The maximum Gasteiger partial charge on any atom is 0.251 e. The van der Waals surface area contributed by atoms with Crippen molar-refractivity contribution in [2.45, 2.75) is 26.3 Å². The second-order valence-corrected chi connectivity index (χ2v) is 9.62. The minimum absolute atomic E-state index is 0.101. The minimum atomic E-state index is -0.154. The first kappa shape index (κ1) is 25.1. The quantitative estimate of drug-likeness (QED) is 0.259. The molecule has 0 bridgehead atoms. The van der Waals surface area contributed by atoms with E-state index in [4.69, 9.17) is 9.72 Å². The maximum absolute atomic E-state index is 13.3. The van der Waals surface area contributed by atoms with Crippen molar-refractivity contribution >= 4 is 17.7 Å². The zero-order chi connectivity index (χ0) is 27.6. The summed E-state index contributed by atoms with van der Waals surface area (Å²) in [6, 6.07) is 16.8. The third-order valence-corrected chi connectivity index (χ3v) is 7.11. The molecule has 3 N–H and O–H groups in total. The number of rotatable bonds is 7. The van der Waals surface area contributed by atoms with Crippen LogP contribution in [0, 0.1) is 6.92 Å². The molecule has 0 saturated heterocycles.